The molecule has 4 nitrogen and oxygen atoms in total. The molecule has 1 fully saturated rings. The molecule has 1 saturated heterocycles. The second kappa shape index (κ2) is 6.13. The van der Waals surface area contributed by atoms with E-state index in [1.165, 1.54) is 9.13 Å². The van der Waals surface area contributed by atoms with Crippen LogP contribution in [0.2, 0.25) is 0 Å². The van der Waals surface area contributed by atoms with Crippen LogP contribution in [-0.4, -0.2) is 27.8 Å². The first-order valence-corrected chi connectivity index (χ1v) is 8.06. The molecule has 106 valence electrons. The number of halogens is 1. The van der Waals surface area contributed by atoms with Crippen molar-refractivity contribution in [2.24, 2.45) is 0 Å². The van der Waals surface area contributed by atoms with Gasteiger partial charge in [0.1, 0.15) is 5.82 Å². The van der Waals surface area contributed by atoms with Gasteiger partial charge >= 0.3 is 0 Å². The van der Waals surface area contributed by atoms with Gasteiger partial charge in [-0.3, -0.25) is 9.58 Å². The first kappa shape index (κ1) is 13.9. The van der Waals surface area contributed by atoms with E-state index in [1.54, 1.807) is 0 Å². The van der Waals surface area contributed by atoms with Crippen LogP contribution in [0.3, 0.4) is 0 Å². The normalized spacial score (nSPS) is 17.4. The molecule has 1 aromatic carbocycles. The van der Waals surface area contributed by atoms with Crippen molar-refractivity contribution < 1.29 is 0 Å². The summed E-state index contributed by atoms with van der Waals surface area (Å²) in [4.78, 5) is 2.52. The third kappa shape index (κ3) is 3.32. The molecule has 1 aliphatic heterocycles. The third-order valence-electron chi connectivity index (χ3n) is 3.88. The van der Waals surface area contributed by atoms with Crippen molar-refractivity contribution in [1.29, 1.82) is 0 Å². The van der Waals surface area contributed by atoms with E-state index in [0.29, 0.717) is 11.9 Å². The predicted molar refractivity (Wildman–Crippen MR) is 89.3 cm³/mol. The molecule has 0 radical (unpaired) electrons. The van der Waals surface area contributed by atoms with Crippen molar-refractivity contribution in [2.45, 2.75) is 25.4 Å². The highest BCUT2D eigenvalue weighted by atomic mass is 127. The molecule has 1 aromatic heterocycles. The van der Waals surface area contributed by atoms with Gasteiger partial charge in [0.25, 0.3) is 0 Å². The summed E-state index contributed by atoms with van der Waals surface area (Å²) in [6.07, 6.45) is 4.28. The Morgan fingerprint density at radius 2 is 1.85 bits per heavy atom. The number of nitrogens with two attached hydrogens (primary N) is 1. The molecule has 5 heteroatoms. The lowest BCUT2D eigenvalue weighted by Crippen LogP contribution is -2.34. The summed E-state index contributed by atoms with van der Waals surface area (Å²) < 4.78 is 3.32. The first-order chi connectivity index (χ1) is 9.70. The first-order valence-electron chi connectivity index (χ1n) is 6.98. The summed E-state index contributed by atoms with van der Waals surface area (Å²) in [5.41, 5.74) is 7.08. The SMILES string of the molecule is Nc1ccn(C2CCN(Cc3ccc(I)cc3)CC2)n1. The Morgan fingerprint density at radius 1 is 1.15 bits per heavy atom. The van der Waals surface area contributed by atoms with Crippen LogP contribution in [0.4, 0.5) is 5.82 Å². The van der Waals surface area contributed by atoms with Crippen LogP contribution in [0.1, 0.15) is 24.4 Å². The lowest BCUT2D eigenvalue weighted by atomic mass is 10.0. The van der Waals surface area contributed by atoms with Crippen LogP contribution in [0.15, 0.2) is 36.5 Å². The van der Waals surface area contributed by atoms with Crippen molar-refractivity contribution in [3.8, 4) is 0 Å². The van der Waals surface area contributed by atoms with E-state index in [2.05, 4.69) is 56.9 Å². The minimum atomic E-state index is 0.500. The lowest BCUT2D eigenvalue weighted by molar-refractivity contribution is 0.173. The van der Waals surface area contributed by atoms with Gasteiger partial charge in [-0.1, -0.05) is 12.1 Å². The van der Waals surface area contributed by atoms with E-state index in [9.17, 15) is 0 Å². The molecular weight excluding hydrogens is 363 g/mol. The van der Waals surface area contributed by atoms with Crippen molar-refractivity contribution in [2.75, 3.05) is 18.8 Å². The Bertz CT molecular complexity index is 556. The molecule has 2 heterocycles. The van der Waals surface area contributed by atoms with Crippen LogP contribution in [0.5, 0.6) is 0 Å². The summed E-state index contributed by atoms with van der Waals surface area (Å²) in [5.74, 6) is 0.617. The number of likely N-dealkylation sites (tertiary alicyclic amines) is 1. The fraction of sp³-hybridized carbons (Fsp3) is 0.400. The molecule has 0 saturated carbocycles. The van der Waals surface area contributed by atoms with Crippen LogP contribution >= 0.6 is 22.6 Å². The standard InChI is InChI=1S/C15H19IN4/c16-13-3-1-12(2-4-13)11-19-8-5-14(6-9-19)20-10-7-15(17)18-20/h1-4,7,10,14H,5-6,8-9,11H2,(H2,17,18). The van der Waals surface area contributed by atoms with Crippen molar-refractivity contribution >= 4 is 28.4 Å². The van der Waals surface area contributed by atoms with Gasteiger partial charge in [0.2, 0.25) is 0 Å². The van der Waals surface area contributed by atoms with Crippen LogP contribution in [0.25, 0.3) is 0 Å². The van der Waals surface area contributed by atoms with Gasteiger partial charge in [-0.15, -0.1) is 0 Å². The maximum atomic E-state index is 5.68. The van der Waals surface area contributed by atoms with Gasteiger partial charge in [-0.25, -0.2) is 0 Å². The van der Waals surface area contributed by atoms with Gasteiger partial charge < -0.3 is 5.73 Å². The molecule has 1 aliphatic rings. The molecule has 3 rings (SSSR count). The molecular formula is C15H19IN4. The molecule has 0 bridgehead atoms. The van der Waals surface area contributed by atoms with E-state index in [-0.39, 0.29) is 0 Å². The summed E-state index contributed by atoms with van der Waals surface area (Å²) >= 11 is 2.34. The van der Waals surface area contributed by atoms with Crippen LogP contribution in [0, 0.1) is 3.57 Å². The lowest BCUT2D eigenvalue weighted by Gasteiger charge is -2.32. The fourth-order valence-corrected chi connectivity index (χ4v) is 3.11. The molecule has 2 N–H and O–H groups in total. The van der Waals surface area contributed by atoms with E-state index in [1.807, 2.05) is 16.9 Å². The van der Waals surface area contributed by atoms with E-state index < -0.39 is 0 Å². The van der Waals surface area contributed by atoms with E-state index >= 15 is 0 Å². The Kier molecular flexibility index (Phi) is 4.26. The summed E-state index contributed by atoms with van der Waals surface area (Å²) in [5, 5.41) is 4.33. The molecule has 0 aliphatic carbocycles. The van der Waals surface area contributed by atoms with Crippen molar-refractivity contribution in [3.63, 3.8) is 0 Å². The fourth-order valence-electron chi connectivity index (χ4n) is 2.75. The van der Waals surface area contributed by atoms with E-state index in [4.69, 9.17) is 5.73 Å². The van der Waals surface area contributed by atoms with Gasteiger partial charge in [-0.05, 0) is 59.2 Å². The largest absolute Gasteiger partial charge is 0.382 e. The number of aromatic nitrogens is 2. The Hall–Kier alpha value is -1.08. The Labute approximate surface area is 133 Å². The summed E-state index contributed by atoms with van der Waals surface area (Å²) in [6, 6.07) is 11.2. The van der Waals surface area contributed by atoms with Crippen molar-refractivity contribution in [3.05, 3.63) is 45.7 Å². The van der Waals surface area contributed by atoms with Gasteiger partial charge in [0.05, 0.1) is 6.04 Å². The topological polar surface area (TPSA) is 47.1 Å². The average Bonchev–Trinajstić information content (AvgIpc) is 2.89. The molecule has 20 heavy (non-hydrogen) atoms. The van der Waals surface area contributed by atoms with E-state index in [0.717, 1.165) is 32.5 Å². The maximum absolute atomic E-state index is 5.68. The zero-order valence-corrected chi connectivity index (χ0v) is 13.5. The quantitative estimate of drug-likeness (QED) is 0.831. The summed E-state index contributed by atoms with van der Waals surface area (Å²) in [7, 11) is 0. The maximum Gasteiger partial charge on any atom is 0.145 e. The third-order valence-corrected chi connectivity index (χ3v) is 4.60. The smallest absolute Gasteiger partial charge is 0.145 e. The molecule has 0 spiro atoms. The molecule has 0 unspecified atom stereocenters. The number of hydrogen-bond acceptors (Lipinski definition) is 3. The number of rotatable bonds is 3. The predicted octanol–water partition coefficient (Wildman–Crippen LogP) is 2.91. The Morgan fingerprint density at radius 3 is 2.45 bits per heavy atom. The van der Waals surface area contributed by atoms with Gasteiger partial charge in [0.15, 0.2) is 0 Å². The number of anilines is 1. The molecule has 2 aromatic rings. The van der Waals surface area contributed by atoms with Crippen LogP contribution in [-0.2, 0) is 6.54 Å². The second-order valence-electron chi connectivity index (χ2n) is 5.35. The average molecular weight is 382 g/mol. The second-order valence-corrected chi connectivity index (χ2v) is 6.60. The zero-order chi connectivity index (χ0) is 13.9. The number of nitrogen functional groups attached to an aromatic ring is 1. The highest BCUT2D eigenvalue weighted by Crippen LogP contribution is 2.23. The van der Waals surface area contributed by atoms with Gasteiger partial charge in [0, 0.05) is 29.4 Å². The zero-order valence-electron chi connectivity index (χ0n) is 11.4. The minimum absolute atomic E-state index is 0.500. The van der Waals surface area contributed by atoms with Crippen LogP contribution < -0.4 is 5.73 Å². The van der Waals surface area contributed by atoms with Gasteiger partial charge in [-0.2, -0.15) is 5.10 Å². The molecule has 0 atom stereocenters. The number of nitrogens with zero attached hydrogens (tertiary/aromatic N) is 3. The number of hydrogen-bond donors (Lipinski definition) is 1. The highest BCUT2D eigenvalue weighted by Gasteiger charge is 2.20. The monoisotopic (exact) mass is 382 g/mol. The Balaban J connectivity index is 1.54. The number of piperidine rings is 1. The van der Waals surface area contributed by atoms with Crippen molar-refractivity contribution in [1.82, 2.24) is 14.7 Å². The highest BCUT2D eigenvalue weighted by molar-refractivity contribution is 14.1. The summed E-state index contributed by atoms with van der Waals surface area (Å²) in [6.45, 7) is 3.29. The molecule has 0 amide bonds. The minimum Gasteiger partial charge on any atom is -0.382 e. The number of benzene rings is 1.